The lowest BCUT2D eigenvalue weighted by molar-refractivity contribution is -0.163. The number of benzene rings is 3. The summed E-state index contributed by atoms with van der Waals surface area (Å²) in [6.45, 7) is 8.77. The summed E-state index contributed by atoms with van der Waals surface area (Å²) in [6, 6.07) is 17.8. The number of alkyl halides is 3. The van der Waals surface area contributed by atoms with Gasteiger partial charge in [0.2, 0.25) is 0 Å². The number of rotatable bonds is 10. The third kappa shape index (κ3) is 8.73. The van der Waals surface area contributed by atoms with Gasteiger partial charge in [0, 0.05) is 12.1 Å². The second kappa shape index (κ2) is 14.4. The predicted molar refractivity (Wildman–Crippen MR) is 170 cm³/mol. The molecule has 3 aromatic rings. The van der Waals surface area contributed by atoms with Gasteiger partial charge in [-0.15, -0.1) is 0 Å². The zero-order valence-electron chi connectivity index (χ0n) is 26.0. The molecule has 0 radical (unpaired) electrons. The van der Waals surface area contributed by atoms with Gasteiger partial charge in [-0.1, -0.05) is 67.1 Å². The third-order valence-electron chi connectivity index (χ3n) is 7.71. The number of nitrogens with two attached hydrogens (primary N) is 1. The molecule has 0 saturated carbocycles. The normalized spacial score (nSPS) is 16.3. The Morgan fingerprint density at radius 1 is 1.00 bits per heavy atom. The maximum absolute atomic E-state index is 14.5. The van der Waals surface area contributed by atoms with Crippen molar-refractivity contribution in [2.24, 2.45) is 5.73 Å². The number of likely N-dealkylation sites (tertiary alicyclic amines) is 1. The van der Waals surface area contributed by atoms with E-state index in [-0.39, 0.29) is 24.7 Å². The highest BCUT2D eigenvalue weighted by molar-refractivity contribution is 5.79. The van der Waals surface area contributed by atoms with E-state index in [4.69, 9.17) is 15.2 Å². The Bertz CT molecular complexity index is 1450. The number of esters is 1. The van der Waals surface area contributed by atoms with E-state index in [1.54, 1.807) is 6.08 Å². The molecule has 5 nitrogen and oxygen atoms in total. The number of carbonyl (C=O) groups is 1. The van der Waals surface area contributed by atoms with E-state index in [9.17, 15) is 18.0 Å². The number of hydrogen-bond donors (Lipinski definition) is 1. The molecule has 1 aliphatic rings. The van der Waals surface area contributed by atoms with Crippen molar-refractivity contribution in [3.8, 4) is 16.9 Å². The molecule has 3 aromatic carbocycles. The predicted octanol–water partition coefficient (Wildman–Crippen LogP) is 8.28. The Morgan fingerprint density at radius 3 is 2.41 bits per heavy atom. The second-order valence-corrected chi connectivity index (χ2v) is 12.3. The van der Waals surface area contributed by atoms with Crippen LogP contribution in [0.25, 0.3) is 23.3 Å². The molecule has 2 N–H and O–H groups in total. The quantitative estimate of drug-likeness (QED) is 0.143. The zero-order chi connectivity index (χ0) is 31.9. The van der Waals surface area contributed by atoms with Crippen molar-refractivity contribution >= 4 is 18.1 Å². The largest absolute Gasteiger partial charge is 0.493 e. The summed E-state index contributed by atoms with van der Waals surface area (Å²) in [4.78, 5) is 15.0. The lowest BCUT2D eigenvalue weighted by Crippen LogP contribution is -2.46. The molecule has 1 aliphatic heterocycles. The van der Waals surface area contributed by atoms with E-state index in [2.05, 4.69) is 0 Å². The zero-order valence-corrected chi connectivity index (χ0v) is 26.0. The molecule has 1 heterocycles. The van der Waals surface area contributed by atoms with Crippen LogP contribution in [0.1, 0.15) is 74.3 Å². The number of hydrogen-bond acceptors (Lipinski definition) is 5. The van der Waals surface area contributed by atoms with Crippen molar-refractivity contribution in [3.63, 3.8) is 0 Å². The van der Waals surface area contributed by atoms with Gasteiger partial charge in [-0.25, -0.2) is 0 Å². The second-order valence-electron chi connectivity index (χ2n) is 12.3. The van der Waals surface area contributed by atoms with Gasteiger partial charge in [-0.3, -0.25) is 9.69 Å². The standard InChI is InChI=1S/C36H43F3N2O3/c1-25-26(14-10-15-30(25)27-12-6-5-7-13-27)17-18-28-23-33(43-21-11-19-40)29(22-31(28)36(37,38)39)24-41-20-9-8-16-32(41)34(42)44-35(2,3)4/h5-7,10,12-15,17-18,22-23,32H,8-9,11,16,19-21,24,40H2,1-4H3/b18-17+/t32-/m0/s1. The molecule has 0 spiro atoms. The summed E-state index contributed by atoms with van der Waals surface area (Å²) in [6.07, 6.45) is 1.47. The minimum Gasteiger partial charge on any atom is -0.493 e. The van der Waals surface area contributed by atoms with Gasteiger partial charge in [0.1, 0.15) is 17.4 Å². The number of piperidine rings is 1. The summed E-state index contributed by atoms with van der Waals surface area (Å²) < 4.78 is 55.3. The van der Waals surface area contributed by atoms with Gasteiger partial charge in [0.15, 0.2) is 0 Å². The molecular weight excluding hydrogens is 565 g/mol. The molecule has 44 heavy (non-hydrogen) atoms. The molecule has 1 atom stereocenters. The fourth-order valence-electron chi connectivity index (χ4n) is 5.53. The van der Waals surface area contributed by atoms with E-state index in [0.29, 0.717) is 37.2 Å². The van der Waals surface area contributed by atoms with Crippen molar-refractivity contribution in [3.05, 3.63) is 88.5 Å². The number of ether oxygens (including phenoxy) is 2. The Labute approximate surface area is 258 Å². The maximum atomic E-state index is 14.5. The average Bonchev–Trinajstić information content (AvgIpc) is 2.97. The lowest BCUT2D eigenvalue weighted by atomic mass is 9.95. The van der Waals surface area contributed by atoms with E-state index < -0.39 is 23.4 Å². The van der Waals surface area contributed by atoms with Gasteiger partial charge in [-0.2, -0.15) is 13.2 Å². The van der Waals surface area contributed by atoms with Crippen LogP contribution < -0.4 is 10.5 Å². The first-order chi connectivity index (χ1) is 20.9. The van der Waals surface area contributed by atoms with Crippen LogP contribution in [-0.4, -0.2) is 42.2 Å². The molecule has 4 rings (SSSR count). The van der Waals surface area contributed by atoms with Crippen molar-refractivity contribution in [2.75, 3.05) is 19.7 Å². The number of carbonyl (C=O) groups excluding carboxylic acids is 1. The van der Waals surface area contributed by atoms with Crippen LogP contribution in [0.2, 0.25) is 0 Å². The molecule has 0 aromatic heterocycles. The molecule has 1 saturated heterocycles. The lowest BCUT2D eigenvalue weighted by Gasteiger charge is -2.36. The summed E-state index contributed by atoms with van der Waals surface area (Å²) in [5, 5.41) is 0. The fourth-order valence-corrected chi connectivity index (χ4v) is 5.53. The highest BCUT2D eigenvalue weighted by Crippen LogP contribution is 2.38. The number of halogens is 3. The Kier molecular flexibility index (Phi) is 10.9. The molecular formula is C36H43F3N2O3. The van der Waals surface area contributed by atoms with Gasteiger partial charge in [-0.05, 0) is 100.0 Å². The smallest absolute Gasteiger partial charge is 0.417 e. The molecule has 1 fully saturated rings. The van der Waals surface area contributed by atoms with Gasteiger partial charge < -0.3 is 15.2 Å². The summed E-state index contributed by atoms with van der Waals surface area (Å²) >= 11 is 0. The van der Waals surface area contributed by atoms with Crippen LogP contribution in [0, 0.1) is 6.92 Å². The van der Waals surface area contributed by atoms with Crippen molar-refractivity contribution in [2.45, 2.75) is 77.7 Å². The molecule has 8 heteroatoms. The monoisotopic (exact) mass is 608 g/mol. The topological polar surface area (TPSA) is 64.8 Å². The van der Waals surface area contributed by atoms with Gasteiger partial charge >= 0.3 is 12.1 Å². The Balaban J connectivity index is 1.72. The minimum atomic E-state index is -4.60. The third-order valence-corrected chi connectivity index (χ3v) is 7.71. The van der Waals surface area contributed by atoms with Crippen LogP contribution in [0.5, 0.6) is 5.75 Å². The van der Waals surface area contributed by atoms with Gasteiger partial charge in [0.25, 0.3) is 0 Å². The van der Waals surface area contributed by atoms with E-state index in [0.717, 1.165) is 35.1 Å². The molecule has 0 unspecified atom stereocenters. The van der Waals surface area contributed by atoms with E-state index in [1.165, 1.54) is 18.2 Å². The Hall–Kier alpha value is -3.62. The van der Waals surface area contributed by atoms with Crippen LogP contribution in [0.3, 0.4) is 0 Å². The van der Waals surface area contributed by atoms with Crippen molar-refractivity contribution in [1.82, 2.24) is 4.90 Å². The summed E-state index contributed by atoms with van der Waals surface area (Å²) in [5.41, 5.74) is 8.50. The first-order valence-electron chi connectivity index (χ1n) is 15.2. The highest BCUT2D eigenvalue weighted by Gasteiger charge is 2.36. The molecule has 0 aliphatic carbocycles. The number of nitrogens with zero attached hydrogens (tertiary/aromatic N) is 1. The fraction of sp³-hybridized carbons (Fsp3) is 0.417. The van der Waals surface area contributed by atoms with Gasteiger partial charge in [0.05, 0.1) is 12.2 Å². The van der Waals surface area contributed by atoms with Crippen LogP contribution in [-0.2, 0) is 22.3 Å². The van der Waals surface area contributed by atoms with Crippen LogP contribution in [0.4, 0.5) is 13.2 Å². The van der Waals surface area contributed by atoms with Crippen molar-refractivity contribution in [1.29, 1.82) is 0 Å². The Morgan fingerprint density at radius 2 is 1.73 bits per heavy atom. The van der Waals surface area contributed by atoms with E-state index >= 15 is 0 Å². The van der Waals surface area contributed by atoms with E-state index in [1.807, 2.05) is 81.1 Å². The molecule has 0 bridgehead atoms. The SMILES string of the molecule is Cc1c(/C=C/c2cc(OCCCN)c(CN3CCCC[C@H]3C(=O)OC(C)(C)C)cc2C(F)(F)F)cccc1-c1ccccc1. The minimum absolute atomic E-state index is 0.0100. The maximum Gasteiger partial charge on any atom is 0.417 e. The first kappa shape index (κ1) is 33.3. The summed E-state index contributed by atoms with van der Waals surface area (Å²) in [7, 11) is 0. The van der Waals surface area contributed by atoms with Crippen molar-refractivity contribution < 1.29 is 27.4 Å². The molecule has 236 valence electrons. The molecule has 0 amide bonds. The average molecular weight is 609 g/mol. The highest BCUT2D eigenvalue weighted by atomic mass is 19.4. The van der Waals surface area contributed by atoms with Crippen LogP contribution >= 0.6 is 0 Å². The summed E-state index contributed by atoms with van der Waals surface area (Å²) in [5.74, 6) is 0.000807. The first-order valence-corrected chi connectivity index (χ1v) is 15.2. The van der Waals surface area contributed by atoms with Crippen LogP contribution in [0.15, 0.2) is 60.7 Å².